The molecule has 0 saturated carbocycles. The van der Waals surface area contributed by atoms with Crippen LogP contribution in [-0.4, -0.2) is 17.6 Å². The number of hydrogen-bond donors (Lipinski definition) is 0. The first-order valence-corrected chi connectivity index (χ1v) is 7.34. The van der Waals surface area contributed by atoms with Crippen molar-refractivity contribution < 1.29 is 14.3 Å². The highest BCUT2D eigenvalue weighted by molar-refractivity contribution is 6.32. The molecule has 0 amide bonds. The number of halogens is 1. The number of nitrogens with zero attached hydrogens (tertiary/aromatic N) is 1. The lowest BCUT2D eigenvalue weighted by Gasteiger charge is -2.08. The van der Waals surface area contributed by atoms with Gasteiger partial charge >= 0.3 is 5.97 Å². The first-order chi connectivity index (χ1) is 11.2. The van der Waals surface area contributed by atoms with E-state index in [1.54, 1.807) is 30.6 Å². The number of carbonyl (C=O) groups excluding carboxylic acids is 1. The smallest absolute Gasteiger partial charge is 0.331 e. The summed E-state index contributed by atoms with van der Waals surface area (Å²) in [5.41, 5.74) is 1.73. The molecule has 118 valence electrons. The van der Waals surface area contributed by atoms with Crippen LogP contribution in [0.1, 0.15) is 11.1 Å². The molecule has 0 bridgehead atoms. The molecule has 1 aromatic heterocycles. The van der Waals surface area contributed by atoms with Gasteiger partial charge in [0, 0.05) is 24.0 Å². The second-order valence-electron chi connectivity index (χ2n) is 4.59. The van der Waals surface area contributed by atoms with Gasteiger partial charge in [-0.3, -0.25) is 4.98 Å². The lowest BCUT2D eigenvalue weighted by molar-refractivity contribution is -0.136. The monoisotopic (exact) mass is 329 g/mol. The van der Waals surface area contributed by atoms with Crippen molar-refractivity contribution in [3.8, 4) is 5.75 Å². The zero-order chi connectivity index (χ0) is 16.5. The summed E-state index contributed by atoms with van der Waals surface area (Å²) in [5.74, 6) is 0.139. The van der Waals surface area contributed by atoms with Gasteiger partial charge in [0.15, 0.2) is 0 Å². The highest BCUT2D eigenvalue weighted by atomic mass is 35.5. The molecule has 2 rings (SSSR count). The molecule has 0 radical (unpaired) electrons. The molecule has 0 N–H and O–H groups in total. The van der Waals surface area contributed by atoms with Crippen molar-refractivity contribution in [2.75, 3.05) is 6.61 Å². The highest BCUT2D eigenvalue weighted by Gasteiger charge is 2.03. The van der Waals surface area contributed by atoms with E-state index in [2.05, 4.69) is 11.6 Å². The van der Waals surface area contributed by atoms with Crippen molar-refractivity contribution in [2.24, 2.45) is 0 Å². The Balaban J connectivity index is 1.96. The van der Waals surface area contributed by atoms with Crippen LogP contribution in [-0.2, 0) is 16.1 Å². The quantitative estimate of drug-likeness (QED) is 0.436. The molecule has 0 aliphatic carbocycles. The Morgan fingerprint density at radius 2 is 2.22 bits per heavy atom. The van der Waals surface area contributed by atoms with E-state index in [4.69, 9.17) is 21.1 Å². The summed E-state index contributed by atoms with van der Waals surface area (Å²) < 4.78 is 10.5. The minimum Gasteiger partial charge on any atom is -0.487 e. The van der Waals surface area contributed by atoms with Crippen LogP contribution in [0.15, 0.2) is 61.5 Å². The maximum absolute atomic E-state index is 11.4. The number of aromatic nitrogens is 1. The molecule has 2 aromatic rings. The van der Waals surface area contributed by atoms with Gasteiger partial charge in [0.25, 0.3) is 0 Å². The molecule has 0 fully saturated rings. The first kappa shape index (κ1) is 16.8. The van der Waals surface area contributed by atoms with Gasteiger partial charge in [0.05, 0.1) is 5.02 Å². The number of ether oxygens (including phenoxy) is 2. The Labute approximate surface area is 140 Å². The third-order valence-corrected chi connectivity index (χ3v) is 3.12. The van der Waals surface area contributed by atoms with Crippen molar-refractivity contribution in [1.29, 1.82) is 0 Å². The van der Waals surface area contributed by atoms with Gasteiger partial charge in [-0.2, -0.15) is 0 Å². The highest BCUT2D eigenvalue weighted by Crippen LogP contribution is 2.26. The Morgan fingerprint density at radius 3 is 2.91 bits per heavy atom. The maximum Gasteiger partial charge on any atom is 0.331 e. The molecule has 1 heterocycles. The lowest BCUT2D eigenvalue weighted by atomic mass is 10.2. The van der Waals surface area contributed by atoms with Crippen molar-refractivity contribution in [1.82, 2.24) is 4.98 Å². The third-order valence-electron chi connectivity index (χ3n) is 2.83. The van der Waals surface area contributed by atoms with E-state index in [0.29, 0.717) is 17.4 Å². The van der Waals surface area contributed by atoms with Crippen LogP contribution in [0.5, 0.6) is 5.75 Å². The fourth-order valence-corrected chi connectivity index (χ4v) is 1.98. The molecular weight excluding hydrogens is 314 g/mol. The average Bonchev–Trinajstić information content (AvgIpc) is 2.58. The largest absolute Gasteiger partial charge is 0.487 e. The van der Waals surface area contributed by atoms with E-state index in [9.17, 15) is 4.79 Å². The van der Waals surface area contributed by atoms with Gasteiger partial charge in [-0.1, -0.05) is 36.4 Å². The number of hydrogen-bond acceptors (Lipinski definition) is 4. The second kappa shape index (κ2) is 8.76. The number of benzene rings is 1. The molecule has 23 heavy (non-hydrogen) atoms. The maximum atomic E-state index is 11.4. The molecule has 4 nitrogen and oxygen atoms in total. The fourth-order valence-electron chi connectivity index (χ4n) is 1.74. The summed E-state index contributed by atoms with van der Waals surface area (Å²) in [6.07, 6.45) is 7.92. The summed E-state index contributed by atoms with van der Waals surface area (Å²) in [6.45, 7) is 4.05. The average molecular weight is 330 g/mol. The summed E-state index contributed by atoms with van der Waals surface area (Å²) >= 11 is 6.19. The van der Waals surface area contributed by atoms with Crippen LogP contribution in [0, 0.1) is 0 Å². The van der Waals surface area contributed by atoms with Crippen molar-refractivity contribution >= 4 is 23.6 Å². The van der Waals surface area contributed by atoms with Crippen LogP contribution >= 0.6 is 11.6 Å². The first-order valence-electron chi connectivity index (χ1n) is 6.96. The molecule has 0 aliphatic heterocycles. The summed E-state index contributed by atoms with van der Waals surface area (Å²) in [4.78, 5) is 15.4. The molecular formula is C18H16ClNO3. The van der Waals surface area contributed by atoms with Gasteiger partial charge in [0.2, 0.25) is 0 Å². The van der Waals surface area contributed by atoms with E-state index < -0.39 is 5.97 Å². The van der Waals surface area contributed by atoms with E-state index in [-0.39, 0.29) is 6.61 Å². The minimum atomic E-state index is -0.432. The molecule has 0 aliphatic rings. The molecule has 0 spiro atoms. The standard InChI is InChI=1S/C18H16ClNO3/c1-2-10-22-18(21)8-6-14-5-7-17(16(19)11-14)23-13-15-4-3-9-20-12-15/h2-9,11-12H,1,10,13H2/b8-6+. The Bertz CT molecular complexity index is 699. The predicted octanol–water partition coefficient (Wildman–Crippen LogP) is 4.06. The van der Waals surface area contributed by atoms with Crippen LogP contribution in [0.3, 0.4) is 0 Å². The molecule has 0 unspecified atom stereocenters. The van der Waals surface area contributed by atoms with Gasteiger partial charge in [0.1, 0.15) is 19.0 Å². The van der Waals surface area contributed by atoms with Gasteiger partial charge in [-0.25, -0.2) is 4.79 Å². The van der Waals surface area contributed by atoms with E-state index in [1.165, 1.54) is 12.2 Å². The minimum absolute atomic E-state index is 0.186. The topological polar surface area (TPSA) is 48.4 Å². The molecule has 1 aromatic carbocycles. The fraction of sp³-hybridized carbons (Fsp3) is 0.111. The summed E-state index contributed by atoms with van der Waals surface area (Å²) in [7, 11) is 0. The predicted molar refractivity (Wildman–Crippen MR) is 90.2 cm³/mol. The number of pyridine rings is 1. The number of esters is 1. The van der Waals surface area contributed by atoms with E-state index >= 15 is 0 Å². The van der Waals surface area contributed by atoms with E-state index in [0.717, 1.165) is 11.1 Å². The normalized spacial score (nSPS) is 10.5. The summed E-state index contributed by atoms with van der Waals surface area (Å²) in [6, 6.07) is 9.05. The zero-order valence-corrected chi connectivity index (χ0v) is 13.2. The Hall–Kier alpha value is -2.59. The Kier molecular flexibility index (Phi) is 6.39. The van der Waals surface area contributed by atoms with Crippen molar-refractivity contribution in [3.63, 3.8) is 0 Å². The van der Waals surface area contributed by atoms with Crippen molar-refractivity contribution in [3.05, 3.63) is 77.6 Å². The van der Waals surface area contributed by atoms with Gasteiger partial charge in [-0.05, 0) is 29.8 Å². The second-order valence-corrected chi connectivity index (χ2v) is 5.00. The molecule has 5 heteroatoms. The number of rotatable bonds is 7. The van der Waals surface area contributed by atoms with Crippen molar-refractivity contribution in [2.45, 2.75) is 6.61 Å². The van der Waals surface area contributed by atoms with Gasteiger partial charge < -0.3 is 9.47 Å². The van der Waals surface area contributed by atoms with E-state index in [1.807, 2.05) is 18.2 Å². The number of carbonyl (C=O) groups is 1. The SMILES string of the molecule is C=CCOC(=O)/C=C/c1ccc(OCc2cccnc2)c(Cl)c1. The molecule has 0 atom stereocenters. The third kappa shape index (κ3) is 5.60. The Morgan fingerprint density at radius 1 is 1.35 bits per heavy atom. The summed E-state index contributed by atoms with van der Waals surface area (Å²) in [5, 5.41) is 0.468. The molecule has 0 saturated heterocycles. The van der Waals surface area contributed by atoms with Crippen LogP contribution < -0.4 is 4.74 Å². The van der Waals surface area contributed by atoms with Crippen LogP contribution in [0.25, 0.3) is 6.08 Å². The lowest BCUT2D eigenvalue weighted by Crippen LogP contribution is -1.99. The van der Waals surface area contributed by atoms with Gasteiger partial charge in [-0.15, -0.1) is 0 Å². The van der Waals surface area contributed by atoms with Crippen LogP contribution in [0.2, 0.25) is 5.02 Å². The van der Waals surface area contributed by atoms with Crippen LogP contribution in [0.4, 0.5) is 0 Å². The zero-order valence-electron chi connectivity index (χ0n) is 12.4.